The molecule has 1 aliphatic heterocycles. The summed E-state index contributed by atoms with van der Waals surface area (Å²) in [5.41, 5.74) is 2.71. The van der Waals surface area contributed by atoms with Gasteiger partial charge in [0.2, 0.25) is 0 Å². The highest BCUT2D eigenvalue weighted by Crippen LogP contribution is 2.22. The minimum atomic E-state index is 0.418. The summed E-state index contributed by atoms with van der Waals surface area (Å²) >= 11 is 5.91. The van der Waals surface area contributed by atoms with Crippen LogP contribution in [0.3, 0.4) is 0 Å². The molecule has 0 bridgehead atoms. The molecule has 0 fully saturated rings. The highest BCUT2D eigenvalue weighted by Gasteiger charge is 2.24. The molecule has 0 unspecified atom stereocenters. The molecule has 2 nitrogen and oxygen atoms in total. The van der Waals surface area contributed by atoms with Crippen LogP contribution in [0.4, 0.5) is 0 Å². The van der Waals surface area contributed by atoms with Gasteiger partial charge in [0.25, 0.3) is 0 Å². The van der Waals surface area contributed by atoms with Crippen molar-refractivity contribution in [1.82, 2.24) is 4.57 Å². The van der Waals surface area contributed by atoms with Crippen molar-refractivity contribution in [3.8, 4) is 0 Å². The van der Waals surface area contributed by atoms with E-state index >= 15 is 0 Å². The number of hydrogen-bond donors (Lipinski definition) is 1. The molecule has 1 aliphatic rings. The van der Waals surface area contributed by atoms with Gasteiger partial charge in [0, 0.05) is 16.8 Å². The van der Waals surface area contributed by atoms with Gasteiger partial charge in [-0.3, -0.25) is 0 Å². The molecule has 2 aromatic rings. The summed E-state index contributed by atoms with van der Waals surface area (Å²) in [5.74, 6) is 0. The van der Waals surface area contributed by atoms with Gasteiger partial charge in [-0.1, -0.05) is 23.7 Å². The molecule has 1 aromatic carbocycles. The Morgan fingerprint density at radius 3 is 2.81 bits per heavy atom. The fourth-order valence-corrected chi connectivity index (χ4v) is 2.52. The molecule has 1 atom stereocenters. The Hall–Kier alpha value is -1.25. The summed E-state index contributed by atoms with van der Waals surface area (Å²) in [5, 5.41) is 3.19. The number of halogens is 1. The number of nitrogens with zero attached hydrogens (tertiary/aromatic N) is 1. The summed E-state index contributed by atoms with van der Waals surface area (Å²) in [6.07, 6.45) is 2.16. The van der Waals surface area contributed by atoms with Crippen molar-refractivity contribution < 1.29 is 5.32 Å². The first-order chi connectivity index (χ1) is 7.84. The predicted molar refractivity (Wildman–Crippen MR) is 64.5 cm³/mol. The van der Waals surface area contributed by atoms with Crippen molar-refractivity contribution in [2.24, 2.45) is 0 Å². The van der Waals surface area contributed by atoms with E-state index in [0.717, 1.165) is 18.1 Å². The summed E-state index contributed by atoms with van der Waals surface area (Å²) in [7, 11) is 0. The largest absolute Gasteiger partial charge is 0.341 e. The minimum absolute atomic E-state index is 0.418. The molecule has 2 N–H and O–H groups in total. The van der Waals surface area contributed by atoms with E-state index in [-0.39, 0.29) is 0 Å². The standard InChI is InChI=1S/C13H13ClN2/c14-11-5-3-10(4-6-11)13-12-2-1-8-16(12)9-7-15-13/h1-6,8,13,15H,7,9H2/p+1/t13-/m1/s1. The van der Waals surface area contributed by atoms with Gasteiger partial charge in [-0.2, -0.15) is 0 Å². The van der Waals surface area contributed by atoms with Crippen molar-refractivity contribution in [3.63, 3.8) is 0 Å². The SMILES string of the molecule is Clc1ccc([C@H]2[NH2+]CCn3cccc32)cc1. The van der Waals surface area contributed by atoms with Crippen molar-refractivity contribution in [1.29, 1.82) is 0 Å². The van der Waals surface area contributed by atoms with Crippen molar-refractivity contribution >= 4 is 11.6 Å². The number of benzene rings is 1. The summed E-state index contributed by atoms with van der Waals surface area (Å²) < 4.78 is 2.33. The zero-order valence-corrected chi connectivity index (χ0v) is 9.69. The van der Waals surface area contributed by atoms with Gasteiger partial charge in [-0.15, -0.1) is 0 Å². The molecule has 0 radical (unpaired) electrons. The maximum absolute atomic E-state index is 5.91. The summed E-state index contributed by atoms with van der Waals surface area (Å²) in [6.45, 7) is 2.24. The van der Waals surface area contributed by atoms with Crippen LogP contribution >= 0.6 is 11.6 Å². The second kappa shape index (κ2) is 3.96. The van der Waals surface area contributed by atoms with Crippen molar-refractivity contribution in [2.45, 2.75) is 12.6 Å². The number of hydrogen-bond acceptors (Lipinski definition) is 0. The molecule has 0 spiro atoms. The third-order valence-corrected chi connectivity index (χ3v) is 3.44. The van der Waals surface area contributed by atoms with E-state index in [1.807, 2.05) is 12.1 Å². The molecular formula is C13H14ClN2+. The van der Waals surface area contributed by atoms with Crippen molar-refractivity contribution in [2.75, 3.05) is 6.54 Å². The van der Waals surface area contributed by atoms with Crippen LogP contribution in [0.1, 0.15) is 17.3 Å². The predicted octanol–water partition coefficient (Wildman–Crippen LogP) is 1.81. The van der Waals surface area contributed by atoms with E-state index in [1.165, 1.54) is 11.3 Å². The van der Waals surface area contributed by atoms with E-state index in [1.54, 1.807) is 0 Å². The number of rotatable bonds is 1. The first kappa shape index (κ1) is 9.94. The van der Waals surface area contributed by atoms with Crippen LogP contribution in [0, 0.1) is 0 Å². The molecule has 82 valence electrons. The fraction of sp³-hybridized carbons (Fsp3) is 0.231. The molecule has 0 saturated heterocycles. The molecule has 2 heterocycles. The van der Waals surface area contributed by atoms with E-state index in [0.29, 0.717) is 6.04 Å². The van der Waals surface area contributed by atoms with E-state index in [2.05, 4.69) is 40.3 Å². The molecular weight excluding hydrogens is 220 g/mol. The lowest BCUT2D eigenvalue weighted by molar-refractivity contribution is -0.693. The topological polar surface area (TPSA) is 21.5 Å². The zero-order chi connectivity index (χ0) is 11.0. The Balaban J connectivity index is 2.00. The summed E-state index contributed by atoms with van der Waals surface area (Å²) in [6, 6.07) is 12.9. The maximum atomic E-state index is 5.91. The third-order valence-electron chi connectivity index (χ3n) is 3.18. The van der Waals surface area contributed by atoms with E-state index in [4.69, 9.17) is 11.6 Å². The lowest BCUT2D eigenvalue weighted by atomic mass is 10.0. The monoisotopic (exact) mass is 233 g/mol. The Kier molecular flexibility index (Phi) is 2.46. The van der Waals surface area contributed by atoms with Gasteiger partial charge >= 0.3 is 0 Å². The Morgan fingerprint density at radius 2 is 2.00 bits per heavy atom. The lowest BCUT2D eigenvalue weighted by Gasteiger charge is -2.23. The molecule has 0 saturated carbocycles. The van der Waals surface area contributed by atoms with Crippen LogP contribution in [0.25, 0.3) is 0 Å². The van der Waals surface area contributed by atoms with Crippen molar-refractivity contribution in [3.05, 3.63) is 58.9 Å². The van der Waals surface area contributed by atoms with Gasteiger partial charge in [-0.05, 0) is 24.3 Å². The third kappa shape index (κ3) is 1.64. The van der Waals surface area contributed by atoms with Crippen LogP contribution in [0.2, 0.25) is 5.02 Å². The number of aromatic nitrogens is 1. The smallest absolute Gasteiger partial charge is 0.152 e. The molecule has 16 heavy (non-hydrogen) atoms. The van der Waals surface area contributed by atoms with Gasteiger partial charge in [0.05, 0.1) is 18.8 Å². The Labute approximate surface area is 99.8 Å². The average molecular weight is 234 g/mol. The van der Waals surface area contributed by atoms with Crippen LogP contribution in [0.5, 0.6) is 0 Å². The quantitative estimate of drug-likeness (QED) is 0.776. The normalized spacial score (nSPS) is 19.4. The second-order valence-electron chi connectivity index (χ2n) is 4.18. The van der Waals surface area contributed by atoms with Crippen LogP contribution < -0.4 is 5.32 Å². The van der Waals surface area contributed by atoms with Crippen LogP contribution in [-0.4, -0.2) is 11.1 Å². The van der Waals surface area contributed by atoms with Gasteiger partial charge in [0.15, 0.2) is 6.04 Å². The highest BCUT2D eigenvalue weighted by atomic mass is 35.5. The van der Waals surface area contributed by atoms with Gasteiger partial charge < -0.3 is 9.88 Å². The number of nitrogens with two attached hydrogens (primary N) is 1. The van der Waals surface area contributed by atoms with E-state index in [9.17, 15) is 0 Å². The average Bonchev–Trinajstić information content (AvgIpc) is 2.78. The highest BCUT2D eigenvalue weighted by molar-refractivity contribution is 6.30. The minimum Gasteiger partial charge on any atom is -0.341 e. The lowest BCUT2D eigenvalue weighted by Crippen LogP contribution is -2.88. The zero-order valence-electron chi connectivity index (χ0n) is 8.94. The molecule has 0 aliphatic carbocycles. The van der Waals surface area contributed by atoms with E-state index < -0.39 is 0 Å². The molecule has 3 heteroatoms. The summed E-state index contributed by atoms with van der Waals surface area (Å²) in [4.78, 5) is 0. The Morgan fingerprint density at radius 1 is 1.19 bits per heavy atom. The first-order valence-electron chi connectivity index (χ1n) is 5.58. The fourth-order valence-electron chi connectivity index (χ4n) is 2.39. The Bertz CT molecular complexity index is 487. The van der Waals surface area contributed by atoms with Gasteiger partial charge in [0.1, 0.15) is 0 Å². The van der Waals surface area contributed by atoms with Crippen LogP contribution in [-0.2, 0) is 6.54 Å². The maximum Gasteiger partial charge on any atom is 0.152 e. The number of fused-ring (bicyclic) bond motifs is 1. The van der Waals surface area contributed by atoms with Gasteiger partial charge in [-0.25, -0.2) is 0 Å². The first-order valence-corrected chi connectivity index (χ1v) is 5.96. The number of quaternary nitrogens is 1. The molecule has 1 aromatic heterocycles. The molecule has 3 rings (SSSR count). The van der Waals surface area contributed by atoms with Crippen LogP contribution in [0.15, 0.2) is 42.6 Å². The molecule has 0 amide bonds. The second-order valence-corrected chi connectivity index (χ2v) is 4.62.